The fourth-order valence-corrected chi connectivity index (χ4v) is 9.16. The van der Waals surface area contributed by atoms with Gasteiger partial charge in [0.15, 0.2) is 0 Å². The van der Waals surface area contributed by atoms with E-state index in [1.807, 2.05) is 218 Å². The van der Waals surface area contributed by atoms with Crippen molar-refractivity contribution in [2.75, 3.05) is 0 Å². The molecule has 15 rings (SSSR count). The topological polar surface area (TPSA) is 33.1 Å². The van der Waals surface area contributed by atoms with Crippen molar-refractivity contribution in [2.24, 2.45) is 7.05 Å². The molecule has 3 aliphatic rings. The second-order valence-electron chi connectivity index (χ2n) is 16.8. The first-order chi connectivity index (χ1) is 47.2. The summed E-state index contributed by atoms with van der Waals surface area (Å²) in [5, 5.41) is 7.67. The van der Waals surface area contributed by atoms with Gasteiger partial charge >= 0.3 is 0 Å². The number of para-hydroxylation sites is 6. The molecule has 0 saturated carbocycles. The Balaban J connectivity index is -0.000000154. The van der Waals surface area contributed by atoms with Crippen molar-refractivity contribution in [3.63, 3.8) is 0 Å². The Kier molecular flexibility index (Phi) is 86.3. The van der Waals surface area contributed by atoms with Crippen molar-refractivity contribution in [2.45, 2.75) is 213 Å². The Labute approximate surface area is 679 Å². The van der Waals surface area contributed by atoms with Crippen LogP contribution in [0, 0.1) is 0 Å². The van der Waals surface area contributed by atoms with E-state index in [2.05, 4.69) is 252 Å². The molecule has 9 aromatic carbocycles. The van der Waals surface area contributed by atoms with Gasteiger partial charge in [-0.05, 0) is 86.3 Å². The molecule has 0 bridgehead atoms. The summed E-state index contributed by atoms with van der Waals surface area (Å²) in [5.74, 6) is 0. The molecule has 3 heterocycles. The third-order valence-corrected chi connectivity index (χ3v) is 12.6. The van der Waals surface area contributed by atoms with E-state index in [4.69, 9.17) is 0 Å². The zero-order chi connectivity index (χ0) is 73.2. The number of nitrogens with zero attached hydrogens (tertiary/aromatic N) is 3. The zero-order valence-corrected chi connectivity index (χ0v) is 76.0. The summed E-state index contributed by atoms with van der Waals surface area (Å²) >= 11 is 0. The van der Waals surface area contributed by atoms with Gasteiger partial charge in [-0.3, -0.25) is 0 Å². The van der Waals surface area contributed by atoms with Crippen LogP contribution in [0.1, 0.15) is 227 Å². The molecule has 98 heavy (non-hydrogen) atoms. The molecular formula is C92H135N3Y3-2. The third-order valence-electron chi connectivity index (χ3n) is 12.6. The molecule has 529 valence electrons. The number of fused-ring (bicyclic) bond motifs is 12. The van der Waals surface area contributed by atoms with Crippen molar-refractivity contribution in [1.82, 2.24) is 14.5 Å². The fraction of sp³-hybridized carbons (Fsp3) is 0.348. The number of allylic oxidation sites excluding steroid dienone is 3. The van der Waals surface area contributed by atoms with Crippen molar-refractivity contribution in [3.05, 3.63) is 270 Å². The van der Waals surface area contributed by atoms with Gasteiger partial charge in [0, 0.05) is 127 Å². The largest absolute Gasteiger partial charge is 0.657 e. The minimum Gasteiger partial charge on any atom is -0.657 e. The Morgan fingerprint density at radius 3 is 0.602 bits per heavy atom. The van der Waals surface area contributed by atoms with Crippen LogP contribution < -0.4 is 9.97 Å². The van der Waals surface area contributed by atoms with Gasteiger partial charge in [0.1, 0.15) is 0 Å². The minimum absolute atomic E-state index is 0. The molecular weight excluding hydrogens is 1410 g/mol. The van der Waals surface area contributed by atoms with Gasteiger partial charge in [-0.25, -0.2) is 0 Å². The average Bonchev–Trinajstić information content (AvgIpc) is 1.64. The molecule has 3 nitrogen and oxygen atoms in total. The summed E-state index contributed by atoms with van der Waals surface area (Å²) in [6.07, 6.45) is 16.5. The maximum atomic E-state index is 4.52. The molecule has 0 spiro atoms. The molecule has 0 aliphatic heterocycles. The molecule has 3 aliphatic carbocycles. The molecule has 12 aromatic rings. The molecule has 0 amide bonds. The summed E-state index contributed by atoms with van der Waals surface area (Å²) in [5.41, 5.74) is 15.5. The number of rotatable bonds is 0. The van der Waals surface area contributed by atoms with Crippen LogP contribution in [0.15, 0.2) is 237 Å². The van der Waals surface area contributed by atoms with Crippen molar-refractivity contribution in [3.8, 4) is 0 Å². The second kappa shape index (κ2) is 77.6. The number of aryl methyl sites for hydroxylation is 1. The van der Waals surface area contributed by atoms with Gasteiger partial charge in [-0.15, -0.1) is 22.1 Å². The quantitative estimate of drug-likeness (QED) is 0.152. The molecule has 6 heteroatoms. The van der Waals surface area contributed by atoms with E-state index in [-0.39, 0.29) is 98.1 Å². The van der Waals surface area contributed by atoms with Crippen LogP contribution in [0.25, 0.3) is 83.6 Å². The van der Waals surface area contributed by atoms with Crippen molar-refractivity contribution < 1.29 is 98.1 Å². The monoisotopic (exact) mass is 1550 g/mol. The average molecular weight is 1550 g/mol. The number of hydrogen-bond acceptors (Lipinski definition) is 0. The zero-order valence-electron chi connectivity index (χ0n) is 67.4. The summed E-state index contributed by atoms with van der Waals surface area (Å²) < 4.78 is 2.24. The second-order valence-corrected chi connectivity index (χ2v) is 16.8. The van der Waals surface area contributed by atoms with Crippen molar-refractivity contribution in [1.29, 1.82) is 0 Å². The first kappa shape index (κ1) is 109. The number of aromatic nitrogens is 3. The predicted octanol–water partition coefficient (Wildman–Crippen LogP) is 30.4. The standard InChI is InChI=1S/C13H11N.2C12H8N.3C9H8.14C2H6.3Y/c1-14-12-8-4-2-6-10(12)11-7-3-5-9-13(11)14;2*1-3-7-11-9(5-1)10-6-2-4-8-12(10)13-11;3*1-2-5-9-7-3-6-8(9)4-1;14*1-2;;;/h2-9H,1H3;2*1-8H;3*1-6H,7H2;14*1-2H3;;;/q;2*-1;;;;;;;;;;;;;;;;;;;;. The van der Waals surface area contributed by atoms with Crippen LogP contribution >= 0.6 is 0 Å². The smallest absolute Gasteiger partial charge is 0.0488 e. The van der Waals surface area contributed by atoms with Gasteiger partial charge < -0.3 is 14.5 Å². The van der Waals surface area contributed by atoms with Crippen LogP contribution in [-0.4, -0.2) is 4.57 Å². The maximum Gasteiger partial charge on any atom is 0.0488 e. The molecule has 3 radical (unpaired) electrons. The van der Waals surface area contributed by atoms with E-state index in [1.165, 1.54) is 76.7 Å². The molecule has 0 N–H and O–H groups in total. The molecule has 3 aromatic heterocycles. The molecule has 0 saturated heterocycles. The predicted molar refractivity (Wildman–Crippen MR) is 446 cm³/mol. The van der Waals surface area contributed by atoms with E-state index < -0.39 is 0 Å². The molecule has 0 atom stereocenters. The van der Waals surface area contributed by atoms with E-state index in [0.717, 1.165) is 41.3 Å². The third kappa shape index (κ3) is 37.5. The Hall–Kier alpha value is -5.09. The van der Waals surface area contributed by atoms with E-state index in [1.54, 1.807) is 0 Å². The van der Waals surface area contributed by atoms with Gasteiger partial charge in [0.25, 0.3) is 0 Å². The summed E-state index contributed by atoms with van der Waals surface area (Å²) in [4.78, 5) is 9.03. The van der Waals surface area contributed by atoms with Crippen LogP contribution in [0.4, 0.5) is 0 Å². The maximum absolute atomic E-state index is 4.52. The van der Waals surface area contributed by atoms with Gasteiger partial charge in [0.05, 0.1) is 0 Å². The van der Waals surface area contributed by atoms with Gasteiger partial charge in [-0.2, -0.15) is 0 Å². The van der Waals surface area contributed by atoms with Gasteiger partial charge in [0.2, 0.25) is 0 Å². The van der Waals surface area contributed by atoms with Crippen LogP contribution in [-0.2, 0) is 124 Å². The Morgan fingerprint density at radius 1 is 0.214 bits per heavy atom. The van der Waals surface area contributed by atoms with E-state index in [0.29, 0.717) is 0 Å². The minimum atomic E-state index is 0. The summed E-state index contributed by atoms with van der Waals surface area (Å²) in [6.45, 7) is 56.0. The molecule has 0 fully saturated rings. The first-order valence-corrected chi connectivity index (χ1v) is 37.1. The first-order valence-electron chi connectivity index (χ1n) is 37.1. The Morgan fingerprint density at radius 2 is 0.388 bits per heavy atom. The molecule has 0 unspecified atom stereocenters. The van der Waals surface area contributed by atoms with E-state index in [9.17, 15) is 0 Å². The SMILES string of the molecule is C1=Cc2ccccc2C1.C1=Cc2ccccc2C1.C1=Cc2ccccc2C1.CC.CC.CC.CC.CC.CC.CC.CC.CC.CC.CC.CC.CC.CC.Cn1c2ccccc2c2ccccc21.[Y].[Y].[Y].c1ccc2c(c1)[n-]c1ccccc12.c1ccc2c(c1)[n-]c1ccccc12. The number of benzene rings is 9. The van der Waals surface area contributed by atoms with Crippen LogP contribution in [0.2, 0.25) is 0 Å². The summed E-state index contributed by atoms with van der Waals surface area (Å²) in [7, 11) is 2.12. The van der Waals surface area contributed by atoms with Crippen LogP contribution in [0.5, 0.6) is 0 Å². The fourth-order valence-electron chi connectivity index (χ4n) is 9.16. The van der Waals surface area contributed by atoms with Crippen molar-refractivity contribution >= 4 is 83.6 Å². The Bertz CT molecular complexity index is 3330. The van der Waals surface area contributed by atoms with E-state index >= 15 is 0 Å². The van der Waals surface area contributed by atoms with Crippen LogP contribution in [0.3, 0.4) is 0 Å². The summed E-state index contributed by atoms with van der Waals surface area (Å²) in [6, 6.07) is 75.5. The normalized spacial score (nSPS) is 9.19. The number of hydrogen-bond donors (Lipinski definition) is 0. The van der Waals surface area contributed by atoms with Gasteiger partial charge in [-0.1, -0.05) is 437 Å².